The molecular formula is C17H26O. The molecule has 0 bridgehead atoms. The first-order chi connectivity index (χ1) is 8.92. The smallest absolute Gasteiger partial charge is 0.0639 e. The summed E-state index contributed by atoms with van der Waals surface area (Å²) >= 11 is 0. The van der Waals surface area contributed by atoms with Crippen LogP contribution in [0.15, 0.2) is 36.0 Å². The van der Waals surface area contributed by atoms with Gasteiger partial charge >= 0.3 is 0 Å². The average Bonchev–Trinajstić information content (AvgIpc) is 2.30. The van der Waals surface area contributed by atoms with Gasteiger partial charge in [0.05, 0.1) is 6.10 Å². The van der Waals surface area contributed by atoms with Gasteiger partial charge in [-0.15, -0.1) is 0 Å². The van der Waals surface area contributed by atoms with Crippen molar-refractivity contribution in [2.24, 2.45) is 5.92 Å². The van der Waals surface area contributed by atoms with Gasteiger partial charge in [0.2, 0.25) is 0 Å². The molecule has 100 valence electrons. The Labute approximate surface area is 112 Å². The summed E-state index contributed by atoms with van der Waals surface area (Å²) in [7, 11) is 1.88. The minimum Gasteiger partial charge on any atom is -0.381 e. The van der Waals surface area contributed by atoms with Crippen molar-refractivity contribution in [1.82, 2.24) is 0 Å². The molecule has 2 aliphatic carbocycles. The minimum absolute atomic E-state index is 0.421. The third-order valence-electron chi connectivity index (χ3n) is 4.16. The third kappa shape index (κ3) is 3.84. The van der Waals surface area contributed by atoms with Gasteiger partial charge in [-0.1, -0.05) is 36.0 Å². The summed E-state index contributed by atoms with van der Waals surface area (Å²) in [5.74, 6) is 0.645. The Morgan fingerprint density at radius 2 is 1.61 bits per heavy atom. The lowest BCUT2D eigenvalue weighted by molar-refractivity contribution is 0.0537. The maximum Gasteiger partial charge on any atom is 0.0639 e. The fraction of sp³-hybridized carbons (Fsp3) is 0.647. The fourth-order valence-electron chi connectivity index (χ4n) is 3.15. The topological polar surface area (TPSA) is 9.23 Å². The molecular weight excluding hydrogens is 220 g/mol. The molecule has 1 nitrogen and oxygen atoms in total. The second-order valence-corrected chi connectivity index (χ2v) is 5.37. The lowest BCUT2D eigenvalue weighted by Crippen LogP contribution is -2.25. The molecule has 0 aromatic heterocycles. The molecule has 0 aliphatic heterocycles. The van der Waals surface area contributed by atoms with E-state index in [4.69, 9.17) is 4.74 Å². The number of methoxy groups -OCH3 is 1. The highest BCUT2D eigenvalue weighted by Crippen LogP contribution is 2.32. The number of ether oxygens (including phenoxy) is 1. The van der Waals surface area contributed by atoms with Gasteiger partial charge in [0.25, 0.3) is 0 Å². The molecule has 0 fully saturated rings. The number of rotatable bonds is 2. The first kappa shape index (κ1) is 13.6. The summed E-state index contributed by atoms with van der Waals surface area (Å²) in [4.78, 5) is 0. The zero-order chi connectivity index (χ0) is 12.6. The fourth-order valence-corrected chi connectivity index (χ4v) is 3.15. The summed E-state index contributed by atoms with van der Waals surface area (Å²) in [6.45, 7) is 0. The van der Waals surface area contributed by atoms with Crippen molar-refractivity contribution in [3.63, 3.8) is 0 Å². The van der Waals surface area contributed by atoms with Gasteiger partial charge < -0.3 is 4.74 Å². The molecule has 1 heteroatoms. The normalized spacial score (nSPS) is 29.9. The maximum absolute atomic E-state index is 5.77. The van der Waals surface area contributed by atoms with Crippen LogP contribution in [0.2, 0.25) is 0 Å². The second kappa shape index (κ2) is 7.58. The predicted molar refractivity (Wildman–Crippen MR) is 77.6 cm³/mol. The van der Waals surface area contributed by atoms with E-state index in [1.165, 1.54) is 51.4 Å². The minimum atomic E-state index is 0.421. The molecule has 2 aliphatic rings. The first-order valence-electron chi connectivity index (χ1n) is 7.43. The summed E-state index contributed by atoms with van der Waals surface area (Å²) in [5.41, 5.74) is 1.65. The monoisotopic (exact) mass is 246 g/mol. The predicted octanol–water partition coefficient (Wildman–Crippen LogP) is 4.80. The van der Waals surface area contributed by atoms with E-state index in [0.29, 0.717) is 12.0 Å². The van der Waals surface area contributed by atoms with Crippen LogP contribution in [-0.4, -0.2) is 13.2 Å². The molecule has 0 saturated carbocycles. The highest BCUT2D eigenvalue weighted by Gasteiger charge is 2.24. The first-order valence-corrected chi connectivity index (χ1v) is 7.43. The van der Waals surface area contributed by atoms with Gasteiger partial charge in [-0.05, 0) is 51.4 Å². The lowest BCUT2D eigenvalue weighted by atomic mass is 9.82. The number of allylic oxidation sites excluding steroid dienone is 5. The van der Waals surface area contributed by atoms with E-state index in [0.717, 1.165) is 0 Å². The highest BCUT2D eigenvalue weighted by molar-refractivity contribution is 5.13. The summed E-state index contributed by atoms with van der Waals surface area (Å²) in [6, 6.07) is 0. The van der Waals surface area contributed by atoms with Crippen LogP contribution in [0.1, 0.15) is 51.4 Å². The summed E-state index contributed by atoms with van der Waals surface area (Å²) < 4.78 is 5.77. The quantitative estimate of drug-likeness (QED) is 0.636. The summed E-state index contributed by atoms with van der Waals surface area (Å²) in [6.07, 6.45) is 21.9. The van der Waals surface area contributed by atoms with Gasteiger partial charge in [-0.3, -0.25) is 0 Å². The molecule has 2 unspecified atom stereocenters. The van der Waals surface area contributed by atoms with Gasteiger partial charge in [-0.2, -0.15) is 0 Å². The Balaban J connectivity index is 2.08. The van der Waals surface area contributed by atoms with E-state index in [2.05, 4.69) is 30.4 Å². The van der Waals surface area contributed by atoms with Crippen molar-refractivity contribution >= 4 is 0 Å². The van der Waals surface area contributed by atoms with E-state index >= 15 is 0 Å². The van der Waals surface area contributed by atoms with Crippen LogP contribution >= 0.6 is 0 Å². The average molecular weight is 246 g/mol. The van der Waals surface area contributed by atoms with Gasteiger partial charge in [0, 0.05) is 13.0 Å². The van der Waals surface area contributed by atoms with Gasteiger partial charge in [0.15, 0.2) is 0 Å². The largest absolute Gasteiger partial charge is 0.381 e. The van der Waals surface area contributed by atoms with Crippen LogP contribution in [0.3, 0.4) is 0 Å². The summed E-state index contributed by atoms with van der Waals surface area (Å²) in [5, 5.41) is 0. The maximum atomic E-state index is 5.77. The lowest BCUT2D eigenvalue weighted by Gasteiger charge is -2.29. The van der Waals surface area contributed by atoms with Crippen molar-refractivity contribution in [3.05, 3.63) is 36.0 Å². The Morgan fingerprint density at radius 3 is 2.44 bits per heavy atom. The van der Waals surface area contributed by atoms with Crippen molar-refractivity contribution in [2.45, 2.75) is 57.5 Å². The van der Waals surface area contributed by atoms with Crippen molar-refractivity contribution in [1.29, 1.82) is 0 Å². The van der Waals surface area contributed by atoms with E-state index < -0.39 is 0 Å². The molecule has 0 heterocycles. The molecule has 2 atom stereocenters. The Bertz CT molecular complexity index is 325. The third-order valence-corrected chi connectivity index (χ3v) is 4.16. The zero-order valence-corrected chi connectivity index (χ0v) is 11.6. The Morgan fingerprint density at radius 1 is 0.889 bits per heavy atom. The molecule has 0 spiro atoms. The molecule has 2 rings (SSSR count). The Kier molecular flexibility index (Phi) is 5.73. The van der Waals surface area contributed by atoms with Crippen LogP contribution in [-0.2, 0) is 4.74 Å². The molecule has 0 aromatic rings. The van der Waals surface area contributed by atoms with Crippen LogP contribution in [0.25, 0.3) is 0 Å². The van der Waals surface area contributed by atoms with Crippen molar-refractivity contribution < 1.29 is 4.74 Å². The molecule has 18 heavy (non-hydrogen) atoms. The standard InChI is InChI=1S/C17H26O/c1-18-17-14-10-6-5-9-13-16(17)15-11-7-3-2-4-8-12-15/h2-3,5-6,12,16-17H,4,7-11,13-14H2,1H3. The molecule has 0 radical (unpaired) electrons. The Hall–Kier alpha value is -0.820. The van der Waals surface area contributed by atoms with Crippen molar-refractivity contribution in [3.8, 4) is 0 Å². The van der Waals surface area contributed by atoms with Crippen LogP contribution in [0.4, 0.5) is 0 Å². The van der Waals surface area contributed by atoms with Gasteiger partial charge in [-0.25, -0.2) is 0 Å². The van der Waals surface area contributed by atoms with E-state index in [1.54, 1.807) is 5.57 Å². The SMILES string of the molecule is COC1CCC=CCCC1C1=CCCC=CCC1. The zero-order valence-electron chi connectivity index (χ0n) is 11.6. The van der Waals surface area contributed by atoms with E-state index in [-0.39, 0.29) is 0 Å². The second-order valence-electron chi connectivity index (χ2n) is 5.37. The van der Waals surface area contributed by atoms with E-state index in [9.17, 15) is 0 Å². The van der Waals surface area contributed by atoms with Gasteiger partial charge in [0.1, 0.15) is 0 Å². The molecule has 0 amide bonds. The van der Waals surface area contributed by atoms with Crippen LogP contribution in [0, 0.1) is 5.92 Å². The number of hydrogen-bond acceptors (Lipinski definition) is 1. The molecule has 0 N–H and O–H groups in total. The molecule has 0 saturated heterocycles. The van der Waals surface area contributed by atoms with E-state index in [1.807, 2.05) is 7.11 Å². The van der Waals surface area contributed by atoms with Crippen LogP contribution in [0.5, 0.6) is 0 Å². The van der Waals surface area contributed by atoms with Crippen LogP contribution < -0.4 is 0 Å². The van der Waals surface area contributed by atoms with Crippen molar-refractivity contribution in [2.75, 3.05) is 7.11 Å². The highest BCUT2D eigenvalue weighted by atomic mass is 16.5. The molecule has 0 aromatic carbocycles. The number of hydrogen-bond donors (Lipinski definition) is 0.